The van der Waals surface area contributed by atoms with Crippen LogP contribution in [0.15, 0.2) is 42.5 Å². The number of methoxy groups -OCH3 is 2. The van der Waals surface area contributed by atoms with Gasteiger partial charge in [-0.05, 0) is 51.0 Å². The van der Waals surface area contributed by atoms with Gasteiger partial charge in [-0.25, -0.2) is 0 Å². The summed E-state index contributed by atoms with van der Waals surface area (Å²) in [5.74, 6) is 2.84. The van der Waals surface area contributed by atoms with Crippen LogP contribution in [0, 0.1) is 0 Å². The quantitative estimate of drug-likeness (QED) is 0.536. The van der Waals surface area contributed by atoms with E-state index in [0.29, 0.717) is 31.2 Å². The summed E-state index contributed by atoms with van der Waals surface area (Å²) in [4.78, 5) is 4.11. The first-order chi connectivity index (χ1) is 14.4. The van der Waals surface area contributed by atoms with Gasteiger partial charge in [0.25, 0.3) is 0 Å². The number of rotatable bonds is 13. The van der Waals surface area contributed by atoms with Gasteiger partial charge < -0.3 is 29.0 Å². The number of likely N-dealkylation sites (N-methyl/N-ethyl adjacent to an activating group) is 2. The minimum Gasteiger partial charge on any atom is -0.497 e. The molecule has 0 saturated carbocycles. The average Bonchev–Trinajstić information content (AvgIpc) is 2.73. The number of benzene rings is 2. The van der Waals surface area contributed by atoms with Crippen LogP contribution in [0.25, 0.3) is 0 Å². The Morgan fingerprint density at radius 2 is 1.67 bits per heavy atom. The summed E-state index contributed by atoms with van der Waals surface area (Å²) >= 11 is 0. The number of aliphatic hydroxyl groups is 1. The molecule has 0 bridgehead atoms. The Hall–Kier alpha value is -2.48. The van der Waals surface area contributed by atoms with E-state index < -0.39 is 6.10 Å². The van der Waals surface area contributed by atoms with Crippen molar-refractivity contribution in [3.63, 3.8) is 0 Å². The lowest BCUT2D eigenvalue weighted by molar-refractivity contribution is 0.0743. The second kappa shape index (κ2) is 12.3. The van der Waals surface area contributed by atoms with Gasteiger partial charge in [-0.1, -0.05) is 12.1 Å². The van der Waals surface area contributed by atoms with Crippen LogP contribution in [0.4, 0.5) is 0 Å². The molecule has 0 aliphatic rings. The maximum atomic E-state index is 10.3. The van der Waals surface area contributed by atoms with Crippen molar-refractivity contribution in [2.75, 3.05) is 61.7 Å². The minimum absolute atomic E-state index is 0.208. The van der Waals surface area contributed by atoms with Crippen molar-refractivity contribution in [1.29, 1.82) is 0 Å². The zero-order valence-electron chi connectivity index (χ0n) is 18.6. The maximum absolute atomic E-state index is 10.3. The minimum atomic E-state index is -0.614. The maximum Gasteiger partial charge on any atom is 0.161 e. The fourth-order valence-electron chi connectivity index (χ4n) is 2.94. The van der Waals surface area contributed by atoms with Crippen LogP contribution in [-0.2, 0) is 6.54 Å². The van der Waals surface area contributed by atoms with Crippen LogP contribution in [0.1, 0.15) is 5.56 Å². The lowest BCUT2D eigenvalue weighted by Gasteiger charge is -2.21. The standard InChI is InChI=1S/C23H34N2O5/c1-24(2)11-12-29-22-10-9-18(13-23(22)28-5)15-25(3)16-19(26)17-30-21-8-6-7-20(14-21)27-4/h6-10,13-14,19,26H,11-12,15-17H2,1-5H3/t19-/m0/s1. The van der Waals surface area contributed by atoms with Gasteiger partial charge in [0.1, 0.15) is 30.8 Å². The van der Waals surface area contributed by atoms with Crippen molar-refractivity contribution >= 4 is 0 Å². The SMILES string of the molecule is COc1cccc(OC[C@@H](O)CN(C)Cc2ccc(OCCN(C)C)c(OC)c2)c1. The van der Waals surface area contributed by atoms with Crippen molar-refractivity contribution in [2.45, 2.75) is 12.6 Å². The Balaban J connectivity index is 1.83. The smallest absolute Gasteiger partial charge is 0.161 e. The van der Waals surface area contributed by atoms with E-state index in [1.807, 2.05) is 62.4 Å². The molecule has 166 valence electrons. The highest BCUT2D eigenvalue weighted by Gasteiger charge is 2.12. The lowest BCUT2D eigenvalue weighted by Crippen LogP contribution is -2.32. The predicted octanol–water partition coefficient (Wildman–Crippen LogP) is 2.52. The summed E-state index contributed by atoms with van der Waals surface area (Å²) in [7, 11) is 9.23. The van der Waals surface area contributed by atoms with E-state index in [1.165, 1.54) is 0 Å². The number of aliphatic hydroxyl groups excluding tert-OH is 1. The molecule has 0 aromatic heterocycles. The van der Waals surface area contributed by atoms with Gasteiger partial charge in [-0.2, -0.15) is 0 Å². The number of hydrogen-bond acceptors (Lipinski definition) is 7. The molecule has 0 fully saturated rings. The third-order valence-corrected chi connectivity index (χ3v) is 4.48. The van der Waals surface area contributed by atoms with E-state index >= 15 is 0 Å². The van der Waals surface area contributed by atoms with Crippen LogP contribution < -0.4 is 18.9 Å². The monoisotopic (exact) mass is 418 g/mol. The summed E-state index contributed by atoms with van der Waals surface area (Å²) < 4.78 is 22.1. The fourth-order valence-corrected chi connectivity index (χ4v) is 2.94. The average molecular weight is 419 g/mol. The molecular formula is C23H34N2O5. The van der Waals surface area contributed by atoms with Gasteiger partial charge in [0.05, 0.1) is 14.2 Å². The van der Waals surface area contributed by atoms with Crippen LogP contribution in [0.5, 0.6) is 23.0 Å². The Morgan fingerprint density at radius 1 is 0.900 bits per heavy atom. The second-order valence-electron chi connectivity index (χ2n) is 7.48. The first-order valence-corrected chi connectivity index (χ1v) is 9.99. The number of ether oxygens (including phenoxy) is 4. The van der Waals surface area contributed by atoms with Crippen molar-refractivity contribution in [2.24, 2.45) is 0 Å². The van der Waals surface area contributed by atoms with Crippen LogP contribution >= 0.6 is 0 Å². The summed E-state index contributed by atoms with van der Waals surface area (Å²) in [5, 5.41) is 10.3. The molecule has 0 saturated heterocycles. The van der Waals surface area contributed by atoms with Gasteiger partial charge >= 0.3 is 0 Å². The zero-order chi connectivity index (χ0) is 21.9. The Morgan fingerprint density at radius 3 is 2.37 bits per heavy atom. The molecular weight excluding hydrogens is 384 g/mol. The van der Waals surface area contributed by atoms with Crippen molar-refractivity contribution in [3.8, 4) is 23.0 Å². The molecule has 0 radical (unpaired) electrons. The van der Waals surface area contributed by atoms with Crippen LogP contribution in [0.2, 0.25) is 0 Å². The lowest BCUT2D eigenvalue weighted by atomic mass is 10.2. The molecule has 2 rings (SSSR count). The zero-order valence-corrected chi connectivity index (χ0v) is 18.6. The summed E-state index contributed by atoms with van der Waals surface area (Å²) in [5.41, 5.74) is 1.08. The molecule has 7 nitrogen and oxygen atoms in total. The summed E-state index contributed by atoms with van der Waals surface area (Å²) in [6.45, 7) is 2.79. The highest BCUT2D eigenvalue weighted by Crippen LogP contribution is 2.28. The molecule has 0 aliphatic heterocycles. The van der Waals surface area contributed by atoms with E-state index in [1.54, 1.807) is 20.3 Å². The first-order valence-electron chi connectivity index (χ1n) is 9.99. The first kappa shape index (κ1) is 23.8. The largest absolute Gasteiger partial charge is 0.497 e. The van der Waals surface area contributed by atoms with Gasteiger partial charge in [0.15, 0.2) is 11.5 Å². The number of hydrogen-bond donors (Lipinski definition) is 1. The predicted molar refractivity (Wildman–Crippen MR) is 118 cm³/mol. The van der Waals surface area contributed by atoms with Gasteiger partial charge in [-0.15, -0.1) is 0 Å². The van der Waals surface area contributed by atoms with E-state index in [2.05, 4.69) is 4.90 Å². The van der Waals surface area contributed by atoms with Crippen LogP contribution in [0.3, 0.4) is 0 Å². The third kappa shape index (κ3) is 8.10. The molecule has 7 heteroatoms. The second-order valence-corrected chi connectivity index (χ2v) is 7.48. The molecule has 0 heterocycles. The van der Waals surface area contributed by atoms with E-state index in [0.717, 1.165) is 23.6 Å². The normalized spacial score (nSPS) is 12.1. The molecule has 30 heavy (non-hydrogen) atoms. The molecule has 0 aliphatic carbocycles. The molecule has 1 atom stereocenters. The molecule has 2 aromatic rings. The highest BCUT2D eigenvalue weighted by molar-refractivity contribution is 5.43. The van der Waals surface area contributed by atoms with Crippen molar-refractivity contribution in [1.82, 2.24) is 9.80 Å². The van der Waals surface area contributed by atoms with Crippen LogP contribution in [-0.4, -0.2) is 82.7 Å². The van der Waals surface area contributed by atoms with Gasteiger partial charge in [-0.3, -0.25) is 4.90 Å². The molecule has 2 aromatic carbocycles. The summed E-state index contributed by atoms with van der Waals surface area (Å²) in [6.07, 6.45) is -0.614. The third-order valence-electron chi connectivity index (χ3n) is 4.48. The Kier molecular flexibility index (Phi) is 9.73. The number of nitrogens with zero attached hydrogens (tertiary/aromatic N) is 2. The molecule has 0 unspecified atom stereocenters. The topological polar surface area (TPSA) is 63.6 Å². The molecule has 0 amide bonds. The van der Waals surface area contributed by atoms with E-state index in [4.69, 9.17) is 18.9 Å². The van der Waals surface area contributed by atoms with Crippen molar-refractivity contribution in [3.05, 3.63) is 48.0 Å². The van der Waals surface area contributed by atoms with Crippen molar-refractivity contribution < 1.29 is 24.1 Å². The molecule has 1 N–H and O–H groups in total. The Labute approximate surface area is 179 Å². The van der Waals surface area contributed by atoms with E-state index in [-0.39, 0.29) is 6.61 Å². The summed E-state index contributed by atoms with van der Waals surface area (Å²) in [6, 6.07) is 13.3. The highest BCUT2D eigenvalue weighted by atomic mass is 16.5. The van der Waals surface area contributed by atoms with Gasteiger partial charge in [0, 0.05) is 25.7 Å². The van der Waals surface area contributed by atoms with Gasteiger partial charge in [0.2, 0.25) is 0 Å². The van der Waals surface area contributed by atoms with E-state index in [9.17, 15) is 5.11 Å². The molecule has 0 spiro atoms. The Bertz CT molecular complexity index is 769. The fraction of sp³-hybridized carbons (Fsp3) is 0.478.